The van der Waals surface area contributed by atoms with Gasteiger partial charge in [-0.2, -0.15) is 15.1 Å². The molecule has 0 bridgehead atoms. The highest BCUT2D eigenvalue weighted by Gasteiger charge is 2.36. The number of carbonyl (C=O) groups excluding carboxylic acids is 1. The van der Waals surface area contributed by atoms with Crippen LogP contribution in [0.15, 0.2) is 80.7 Å². The number of furan rings is 1. The molecule has 2 aliphatic rings. The van der Waals surface area contributed by atoms with E-state index < -0.39 is 10.8 Å². The predicted octanol–water partition coefficient (Wildman–Crippen LogP) is 4.83. The SMILES string of the molecule is Cc1ccccc1C1=NN2C(=N)/C(=C/c3ccc(-c4ccccc4[N+](=O)[O-])o3)C(=O)N=C2S1. The van der Waals surface area contributed by atoms with Crippen molar-refractivity contribution in [2.45, 2.75) is 6.92 Å². The van der Waals surface area contributed by atoms with Gasteiger partial charge >= 0.3 is 0 Å². The number of aliphatic imine (C=N–C) groups is 1. The van der Waals surface area contributed by atoms with Crippen LogP contribution in [0.2, 0.25) is 0 Å². The van der Waals surface area contributed by atoms with Crippen molar-refractivity contribution < 1.29 is 14.1 Å². The third-order valence-electron chi connectivity index (χ3n) is 5.11. The minimum atomic E-state index is -0.580. The van der Waals surface area contributed by atoms with E-state index in [9.17, 15) is 14.9 Å². The number of hydrogen-bond donors (Lipinski definition) is 1. The molecule has 1 amide bonds. The van der Waals surface area contributed by atoms with E-state index >= 15 is 0 Å². The van der Waals surface area contributed by atoms with Crippen LogP contribution in [0.4, 0.5) is 5.69 Å². The Bertz CT molecular complexity index is 1440. The molecule has 0 aliphatic carbocycles. The molecule has 1 N–H and O–H groups in total. The number of carbonyl (C=O) groups is 1. The summed E-state index contributed by atoms with van der Waals surface area (Å²) in [6.45, 7) is 1.96. The summed E-state index contributed by atoms with van der Waals surface area (Å²) in [5.74, 6) is -0.150. The number of nitrogens with one attached hydrogen (secondary N) is 1. The Morgan fingerprint density at radius 2 is 1.82 bits per heavy atom. The Hall–Kier alpha value is -4.31. The van der Waals surface area contributed by atoms with E-state index in [-0.39, 0.29) is 28.6 Å². The van der Waals surface area contributed by atoms with Gasteiger partial charge in [-0.25, -0.2) is 0 Å². The van der Waals surface area contributed by atoms with Crippen LogP contribution >= 0.6 is 11.8 Å². The number of amides is 1. The maximum Gasteiger partial charge on any atom is 0.283 e. The number of rotatable bonds is 4. The second-order valence-electron chi connectivity index (χ2n) is 7.22. The van der Waals surface area contributed by atoms with Crippen molar-refractivity contribution in [3.63, 3.8) is 0 Å². The lowest BCUT2D eigenvalue weighted by Crippen LogP contribution is -2.35. The molecule has 0 radical (unpaired) electrons. The Labute approximate surface area is 191 Å². The van der Waals surface area contributed by atoms with Gasteiger partial charge in [0.25, 0.3) is 11.6 Å². The molecule has 0 saturated carbocycles. The van der Waals surface area contributed by atoms with Crippen molar-refractivity contribution in [1.29, 1.82) is 5.41 Å². The number of thioether (sulfide) groups is 1. The van der Waals surface area contributed by atoms with Gasteiger partial charge in [-0.05, 0) is 48.5 Å². The molecule has 1 aromatic heterocycles. The van der Waals surface area contributed by atoms with Crippen molar-refractivity contribution in [2.24, 2.45) is 10.1 Å². The molecule has 3 heterocycles. The van der Waals surface area contributed by atoms with Gasteiger partial charge in [0.1, 0.15) is 16.6 Å². The Morgan fingerprint density at radius 3 is 2.58 bits per heavy atom. The van der Waals surface area contributed by atoms with Crippen LogP contribution in [0.25, 0.3) is 17.4 Å². The first kappa shape index (κ1) is 20.6. The van der Waals surface area contributed by atoms with E-state index in [0.29, 0.717) is 15.8 Å². The predicted molar refractivity (Wildman–Crippen MR) is 126 cm³/mol. The lowest BCUT2D eigenvalue weighted by atomic mass is 10.1. The van der Waals surface area contributed by atoms with Crippen LogP contribution in [0.3, 0.4) is 0 Å². The van der Waals surface area contributed by atoms with Gasteiger partial charge in [0, 0.05) is 11.6 Å². The van der Waals surface area contributed by atoms with Crippen LogP contribution in [0.1, 0.15) is 16.9 Å². The number of para-hydroxylation sites is 1. The number of nitro groups is 1. The minimum Gasteiger partial charge on any atom is -0.456 e. The van der Waals surface area contributed by atoms with Gasteiger partial charge in [-0.3, -0.25) is 20.3 Å². The third-order valence-corrected chi connectivity index (χ3v) is 6.05. The molecular weight excluding hydrogens is 442 g/mol. The first-order valence-corrected chi connectivity index (χ1v) is 10.6. The molecule has 162 valence electrons. The zero-order valence-electron chi connectivity index (χ0n) is 17.2. The Morgan fingerprint density at radius 1 is 1.09 bits per heavy atom. The van der Waals surface area contributed by atoms with Crippen LogP contribution in [0.5, 0.6) is 0 Å². The van der Waals surface area contributed by atoms with Gasteiger partial charge in [-0.1, -0.05) is 36.4 Å². The number of nitro benzene ring substituents is 1. The largest absolute Gasteiger partial charge is 0.456 e. The standard InChI is InChI=1S/C23H15N5O4S/c1-13-6-2-3-7-15(13)22-26-27-20(24)17(21(29)25-23(27)33-22)12-14-10-11-19(32-14)16-8-4-5-9-18(16)28(30)31/h2-12,24H,1H3/b17-12-,24-20?. The quantitative estimate of drug-likeness (QED) is 0.340. The van der Waals surface area contributed by atoms with E-state index in [2.05, 4.69) is 10.1 Å². The van der Waals surface area contributed by atoms with Crippen molar-refractivity contribution in [3.8, 4) is 11.3 Å². The number of fused-ring (bicyclic) bond motifs is 1. The second kappa shape index (κ2) is 7.99. The van der Waals surface area contributed by atoms with E-state index in [1.807, 2.05) is 31.2 Å². The molecular formula is C23H15N5O4S. The van der Waals surface area contributed by atoms with Gasteiger partial charge in [0.05, 0.1) is 16.1 Å². The number of hydrogen-bond acceptors (Lipinski definition) is 7. The monoisotopic (exact) mass is 457 g/mol. The van der Waals surface area contributed by atoms with Crippen LogP contribution < -0.4 is 0 Å². The molecule has 3 aromatic rings. The summed E-state index contributed by atoms with van der Waals surface area (Å²) in [4.78, 5) is 27.6. The smallest absolute Gasteiger partial charge is 0.283 e. The molecule has 2 aliphatic heterocycles. The highest BCUT2D eigenvalue weighted by molar-refractivity contribution is 8.27. The fraction of sp³-hybridized carbons (Fsp3) is 0.0435. The number of nitrogens with zero attached hydrogens (tertiary/aromatic N) is 4. The summed E-state index contributed by atoms with van der Waals surface area (Å²) in [6.07, 6.45) is 1.40. The number of amidine groups is 2. The molecule has 5 rings (SSSR count). The summed E-state index contributed by atoms with van der Waals surface area (Å²) in [5.41, 5.74) is 2.17. The molecule has 0 saturated heterocycles. The molecule has 0 spiro atoms. The fourth-order valence-electron chi connectivity index (χ4n) is 3.47. The van der Waals surface area contributed by atoms with Crippen molar-refractivity contribution in [3.05, 3.63) is 93.2 Å². The van der Waals surface area contributed by atoms with E-state index in [1.165, 1.54) is 28.9 Å². The molecule has 0 unspecified atom stereocenters. The summed E-state index contributed by atoms with van der Waals surface area (Å²) < 4.78 is 5.74. The van der Waals surface area contributed by atoms with Crippen molar-refractivity contribution in [2.75, 3.05) is 0 Å². The van der Waals surface area contributed by atoms with Crippen LogP contribution in [-0.4, -0.2) is 31.9 Å². The lowest BCUT2D eigenvalue weighted by molar-refractivity contribution is -0.384. The van der Waals surface area contributed by atoms with Gasteiger partial charge < -0.3 is 4.42 Å². The zero-order valence-corrected chi connectivity index (χ0v) is 18.0. The number of aryl methyl sites for hydroxylation is 1. The summed E-state index contributed by atoms with van der Waals surface area (Å²) >= 11 is 1.23. The topological polar surface area (TPSA) is 125 Å². The molecule has 33 heavy (non-hydrogen) atoms. The average Bonchev–Trinajstić information content (AvgIpc) is 3.44. The number of hydrazone groups is 1. The molecule has 0 fully saturated rings. The third kappa shape index (κ3) is 3.66. The Kier molecular flexibility index (Phi) is 4.98. The summed E-state index contributed by atoms with van der Waals surface area (Å²) in [7, 11) is 0. The average molecular weight is 457 g/mol. The van der Waals surface area contributed by atoms with Crippen LogP contribution in [0, 0.1) is 22.4 Å². The van der Waals surface area contributed by atoms with Gasteiger partial charge in [0.15, 0.2) is 5.84 Å². The highest BCUT2D eigenvalue weighted by atomic mass is 32.2. The highest BCUT2D eigenvalue weighted by Crippen LogP contribution is 2.34. The van der Waals surface area contributed by atoms with Gasteiger partial charge in [-0.15, -0.1) is 0 Å². The van der Waals surface area contributed by atoms with Crippen LogP contribution in [-0.2, 0) is 4.79 Å². The normalized spacial score (nSPS) is 16.6. The van der Waals surface area contributed by atoms with Gasteiger partial charge in [0.2, 0.25) is 5.17 Å². The second-order valence-corrected chi connectivity index (χ2v) is 8.17. The summed E-state index contributed by atoms with van der Waals surface area (Å²) in [6, 6.07) is 17.1. The van der Waals surface area contributed by atoms with Crippen molar-refractivity contribution >= 4 is 45.5 Å². The maximum atomic E-state index is 12.7. The zero-order chi connectivity index (χ0) is 23.1. The van der Waals surface area contributed by atoms with E-state index in [1.54, 1.807) is 30.3 Å². The van der Waals surface area contributed by atoms with E-state index in [0.717, 1.165) is 11.1 Å². The lowest BCUT2D eigenvalue weighted by Gasteiger charge is -2.19. The first-order valence-electron chi connectivity index (χ1n) is 9.82. The molecule has 10 heteroatoms. The van der Waals surface area contributed by atoms with E-state index in [4.69, 9.17) is 9.83 Å². The minimum absolute atomic E-state index is 0.0117. The summed E-state index contributed by atoms with van der Waals surface area (Å²) in [5, 5.41) is 26.6. The fourth-order valence-corrected chi connectivity index (χ4v) is 4.45. The molecule has 9 nitrogen and oxygen atoms in total. The Balaban J connectivity index is 1.47. The molecule has 2 aromatic carbocycles. The number of benzene rings is 2. The van der Waals surface area contributed by atoms with Crippen molar-refractivity contribution in [1.82, 2.24) is 5.01 Å². The maximum absolute atomic E-state index is 12.7. The molecule has 0 atom stereocenters. The first-order chi connectivity index (χ1) is 15.9.